The minimum Gasteiger partial charge on any atom is -0.264 e. The molecule has 3 heteroatoms. The van der Waals surface area contributed by atoms with Crippen molar-refractivity contribution in [3.8, 4) is 0 Å². The molecule has 0 saturated carbocycles. The topological polar surface area (TPSA) is 43.1 Å². The lowest BCUT2D eigenvalue weighted by atomic mass is 10.1. The summed E-state index contributed by atoms with van der Waals surface area (Å²) >= 11 is 0. The molecule has 11 heavy (non-hydrogen) atoms. The zero-order valence-corrected chi connectivity index (χ0v) is 5.93. The second-order valence-electron chi connectivity index (χ2n) is 2.21. The zero-order valence-electron chi connectivity index (χ0n) is 5.93. The Morgan fingerprint density at radius 1 is 1.36 bits per heavy atom. The summed E-state index contributed by atoms with van der Waals surface area (Å²) in [7, 11) is 0. The van der Waals surface area contributed by atoms with Crippen molar-refractivity contribution >= 4 is 0 Å². The van der Waals surface area contributed by atoms with Crippen LogP contribution in [-0.2, 0) is 0 Å². The second kappa shape index (κ2) is 3.14. The Morgan fingerprint density at radius 3 is 2.36 bits per heavy atom. The van der Waals surface area contributed by atoms with E-state index in [1.807, 2.05) is 6.07 Å². The molecule has 0 aliphatic rings. The number of benzene rings is 1. The van der Waals surface area contributed by atoms with Gasteiger partial charge in [0.15, 0.2) is 0 Å². The molecule has 1 atom stereocenters. The van der Waals surface area contributed by atoms with Crippen LogP contribution in [0.15, 0.2) is 30.3 Å². The van der Waals surface area contributed by atoms with E-state index in [1.165, 1.54) is 0 Å². The molecular formula is C8H8NO2. The van der Waals surface area contributed by atoms with E-state index in [0.717, 1.165) is 0 Å². The summed E-state index contributed by atoms with van der Waals surface area (Å²) in [6.45, 7) is 3.41. The first-order chi connectivity index (χ1) is 5.22. The molecule has 0 N–H and O–H groups in total. The second-order valence-corrected chi connectivity index (χ2v) is 2.21. The van der Waals surface area contributed by atoms with Gasteiger partial charge in [-0.05, 0) is 0 Å². The molecule has 0 aliphatic carbocycles. The van der Waals surface area contributed by atoms with Gasteiger partial charge in [-0.1, -0.05) is 30.3 Å². The Morgan fingerprint density at radius 2 is 1.91 bits per heavy atom. The Kier molecular flexibility index (Phi) is 2.21. The fourth-order valence-corrected chi connectivity index (χ4v) is 0.797. The van der Waals surface area contributed by atoms with Crippen LogP contribution in [-0.4, -0.2) is 4.92 Å². The number of hydrogen-bond acceptors (Lipinski definition) is 2. The molecule has 3 nitrogen and oxygen atoms in total. The van der Waals surface area contributed by atoms with Crippen LogP contribution in [0.5, 0.6) is 0 Å². The minimum absolute atomic E-state index is 0.407. The van der Waals surface area contributed by atoms with Gasteiger partial charge >= 0.3 is 0 Å². The van der Waals surface area contributed by atoms with Gasteiger partial charge in [-0.15, -0.1) is 0 Å². The summed E-state index contributed by atoms with van der Waals surface area (Å²) < 4.78 is 0. The molecular weight excluding hydrogens is 142 g/mol. The highest BCUT2D eigenvalue weighted by molar-refractivity contribution is 5.17. The van der Waals surface area contributed by atoms with Crippen LogP contribution in [0.3, 0.4) is 0 Å². The number of nitro groups is 1. The lowest BCUT2D eigenvalue weighted by molar-refractivity contribution is -0.516. The standard InChI is InChI=1S/C8H8NO2/c1-7(9(10)11)8-5-3-2-4-6-8/h2-7H,1H2. The third-order valence-electron chi connectivity index (χ3n) is 1.44. The van der Waals surface area contributed by atoms with Gasteiger partial charge in [0.2, 0.25) is 6.04 Å². The maximum absolute atomic E-state index is 10.2. The predicted molar refractivity (Wildman–Crippen MR) is 41.5 cm³/mol. The van der Waals surface area contributed by atoms with Gasteiger partial charge in [-0.25, -0.2) is 0 Å². The smallest absolute Gasteiger partial charge is 0.238 e. The van der Waals surface area contributed by atoms with Crippen molar-refractivity contribution in [2.24, 2.45) is 0 Å². The fourth-order valence-electron chi connectivity index (χ4n) is 0.797. The lowest BCUT2D eigenvalue weighted by Gasteiger charge is -2.01. The summed E-state index contributed by atoms with van der Waals surface area (Å²) in [6, 6.07) is 7.88. The maximum Gasteiger partial charge on any atom is 0.238 e. The van der Waals surface area contributed by atoms with Gasteiger partial charge in [0.1, 0.15) is 0 Å². The number of nitrogens with zero attached hydrogens (tertiary/aromatic N) is 1. The highest BCUT2D eigenvalue weighted by atomic mass is 16.6. The van der Waals surface area contributed by atoms with Gasteiger partial charge < -0.3 is 0 Å². The van der Waals surface area contributed by atoms with Crippen molar-refractivity contribution in [2.45, 2.75) is 6.04 Å². The Balaban J connectivity index is 2.85. The van der Waals surface area contributed by atoms with Crippen LogP contribution in [0.2, 0.25) is 0 Å². The quantitative estimate of drug-likeness (QED) is 0.477. The van der Waals surface area contributed by atoms with E-state index < -0.39 is 11.0 Å². The molecule has 0 aromatic heterocycles. The van der Waals surface area contributed by atoms with Crippen molar-refractivity contribution in [1.82, 2.24) is 0 Å². The minimum atomic E-state index is -0.851. The molecule has 0 saturated heterocycles. The average molecular weight is 150 g/mol. The van der Waals surface area contributed by atoms with E-state index in [9.17, 15) is 10.1 Å². The van der Waals surface area contributed by atoms with Crippen molar-refractivity contribution in [2.75, 3.05) is 0 Å². The summed E-state index contributed by atoms with van der Waals surface area (Å²) in [5.41, 5.74) is 0.637. The van der Waals surface area contributed by atoms with E-state index in [1.54, 1.807) is 24.3 Å². The molecule has 1 unspecified atom stereocenters. The molecule has 1 aromatic carbocycles. The molecule has 0 heterocycles. The van der Waals surface area contributed by atoms with Crippen LogP contribution in [0.4, 0.5) is 0 Å². The fraction of sp³-hybridized carbons (Fsp3) is 0.125. The summed E-state index contributed by atoms with van der Waals surface area (Å²) in [6.07, 6.45) is 0. The average Bonchev–Trinajstić information content (AvgIpc) is 2.05. The van der Waals surface area contributed by atoms with E-state index in [2.05, 4.69) is 6.92 Å². The Hall–Kier alpha value is -1.38. The normalized spacial score (nSPS) is 12.5. The van der Waals surface area contributed by atoms with Gasteiger partial charge in [0, 0.05) is 17.4 Å². The molecule has 0 spiro atoms. The molecule has 0 amide bonds. The SMILES string of the molecule is [CH2]C(c1ccccc1)[N+](=O)[O-]. The van der Waals surface area contributed by atoms with Gasteiger partial charge in [0.05, 0.1) is 0 Å². The van der Waals surface area contributed by atoms with Crippen molar-refractivity contribution in [1.29, 1.82) is 0 Å². The summed E-state index contributed by atoms with van der Waals surface area (Å²) in [5, 5.41) is 10.2. The van der Waals surface area contributed by atoms with Crippen LogP contribution in [0.1, 0.15) is 11.6 Å². The molecule has 1 aromatic rings. The van der Waals surface area contributed by atoms with Crippen LogP contribution in [0, 0.1) is 17.0 Å². The first-order valence-electron chi connectivity index (χ1n) is 3.23. The summed E-state index contributed by atoms with van der Waals surface area (Å²) in [5.74, 6) is 0. The van der Waals surface area contributed by atoms with E-state index in [4.69, 9.17) is 0 Å². The van der Waals surface area contributed by atoms with Gasteiger partial charge in [-0.3, -0.25) is 10.1 Å². The first kappa shape index (κ1) is 7.72. The maximum atomic E-state index is 10.2. The van der Waals surface area contributed by atoms with E-state index in [0.29, 0.717) is 5.56 Å². The summed E-state index contributed by atoms with van der Waals surface area (Å²) in [4.78, 5) is 9.84. The third-order valence-corrected chi connectivity index (χ3v) is 1.44. The monoisotopic (exact) mass is 150 g/mol. The van der Waals surface area contributed by atoms with Gasteiger partial charge in [0.25, 0.3) is 0 Å². The van der Waals surface area contributed by atoms with Crippen LogP contribution < -0.4 is 0 Å². The molecule has 1 rings (SSSR count). The van der Waals surface area contributed by atoms with E-state index in [-0.39, 0.29) is 0 Å². The predicted octanol–water partition coefficient (Wildman–Crippen LogP) is 1.84. The molecule has 1 radical (unpaired) electrons. The van der Waals surface area contributed by atoms with Crippen LogP contribution >= 0.6 is 0 Å². The largest absolute Gasteiger partial charge is 0.264 e. The molecule has 57 valence electrons. The highest BCUT2D eigenvalue weighted by Crippen LogP contribution is 2.13. The van der Waals surface area contributed by atoms with Crippen molar-refractivity contribution in [3.63, 3.8) is 0 Å². The van der Waals surface area contributed by atoms with Crippen LogP contribution in [0.25, 0.3) is 0 Å². The molecule has 0 bridgehead atoms. The Bertz CT molecular complexity index is 246. The van der Waals surface area contributed by atoms with Crippen molar-refractivity contribution < 1.29 is 4.92 Å². The lowest BCUT2D eigenvalue weighted by Crippen LogP contribution is -2.05. The number of hydrogen-bond donors (Lipinski definition) is 0. The Labute approximate surface area is 64.8 Å². The zero-order chi connectivity index (χ0) is 8.27. The first-order valence-corrected chi connectivity index (χ1v) is 3.23. The highest BCUT2D eigenvalue weighted by Gasteiger charge is 2.14. The van der Waals surface area contributed by atoms with E-state index >= 15 is 0 Å². The van der Waals surface area contributed by atoms with Crippen molar-refractivity contribution in [3.05, 3.63) is 52.9 Å². The third kappa shape index (κ3) is 1.77. The molecule has 0 fully saturated rings. The molecule has 0 aliphatic heterocycles. The van der Waals surface area contributed by atoms with Gasteiger partial charge in [-0.2, -0.15) is 0 Å². The number of rotatable bonds is 2.